The summed E-state index contributed by atoms with van der Waals surface area (Å²) in [4.78, 5) is 0. The van der Waals surface area contributed by atoms with E-state index in [1.165, 1.54) is 0 Å². The molecule has 2 unspecified atom stereocenters. The van der Waals surface area contributed by atoms with Crippen molar-refractivity contribution in [3.63, 3.8) is 0 Å². The Kier molecular flexibility index (Phi) is 6.55. The standard InChI is InChI=1S/C15H29F3O2/c1-10(2)14(6,20)13(4,5)8-7-11(3)9-12(19)15(16,17)18/h10-12,19-20H,7-9H2,1-6H3/t11?,12-,14?/m0/s1. The van der Waals surface area contributed by atoms with Crippen LogP contribution in [0.15, 0.2) is 0 Å². The third kappa shape index (κ3) is 5.24. The summed E-state index contributed by atoms with van der Waals surface area (Å²) < 4.78 is 36.9. The van der Waals surface area contributed by atoms with Gasteiger partial charge < -0.3 is 10.2 Å². The van der Waals surface area contributed by atoms with Crippen molar-refractivity contribution in [3.05, 3.63) is 0 Å². The molecule has 0 radical (unpaired) electrons. The van der Waals surface area contributed by atoms with Gasteiger partial charge in [0.05, 0.1) is 5.60 Å². The molecule has 0 aromatic heterocycles. The average molecular weight is 298 g/mol. The number of hydrogen-bond acceptors (Lipinski definition) is 2. The number of aliphatic hydroxyl groups is 2. The van der Waals surface area contributed by atoms with E-state index in [0.717, 1.165) is 0 Å². The van der Waals surface area contributed by atoms with E-state index < -0.39 is 23.3 Å². The molecule has 0 rings (SSSR count). The van der Waals surface area contributed by atoms with Gasteiger partial charge in [-0.25, -0.2) is 0 Å². The topological polar surface area (TPSA) is 40.5 Å². The van der Waals surface area contributed by atoms with Crippen LogP contribution in [0, 0.1) is 17.3 Å². The van der Waals surface area contributed by atoms with Crippen LogP contribution in [0.5, 0.6) is 0 Å². The number of aliphatic hydroxyl groups excluding tert-OH is 1. The fourth-order valence-corrected chi connectivity index (χ4v) is 2.27. The SMILES string of the molecule is CC(CCC(C)(C)C(C)(O)C(C)C)C[C@H](O)C(F)(F)F. The van der Waals surface area contributed by atoms with Crippen LogP contribution in [-0.2, 0) is 0 Å². The minimum Gasteiger partial charge on any atom is -0.389 e. The molecular formula is C15H29F3O2. The average Bonchev–Trinajstić information content (AvgIpc) is 2.24. The Morgan fingerprint density at radius 3 is 1.80 bits per heavy atom. The maximum atomic E-state index is 12.3. The molecule has 122 valence electrons. The molecule has 0 saturated heterocycles. The highest BCUT2D eigenvalue weighted by Crippen LogP contribution is 2.41. The summed E-state index contributed by atoms with van der Waals surface area (Å²) in [5, 5.41) is 19.6. The van der Waals surface area contributed by atoms with Gasteiger partial charge in [0.15, 0.2) is 0 Å². The van der Waals surface area contributed by atoms with Crippen LogP contribution in [0.25, 0.3) is 0 Å². The molecule has 0 bridgehead atoms. The largest absolute Gasteiger partial charge is 0.414 e. The Labute approximate surface area is 120 Å². The molecular weight excluding hydrogens is 269 g/mol. The first kappa shape index (κ1) is 19.7. The lowest BCUT2D eigenvalue weighted by molar-refractivity contribution is -0.208. The zero-order valence-corrected chi connectivity index (χ0v) is 13.4. The zero-order valence-electron chi connectivity index (χ0n) is 13.4. The minimum atomic E-state index is -4.55. The molecule has 0 saturated carbocycles. The van der Waals surface area contributed by atoms with Crippen LogP contribution in [0.3, 0.4) is 0 Å². The Bertz CT molecular complexity index is 296. The molecule has 0 spiro atoms. The van der Waals surface area contributed by atoms with Crippen molar-refractivity contribution in [2.24, 2.45) is 17.3 Å². The van der Waals surface area contributed by atoms with Crippen molar-refractivity contribution >= 4 is 0 Å². The van der Waals surface area contributed by atoms with Gasteiger partial charge >= 0.3 is 6.18 Å². The lowest BCUT2D eigenvalue weighted by Gasteiger charge is -2.44. The highest BCUT2D eigenvalue weighted by atomic mass is 19.4. The fourth-order valence-electron chi connectivity index (χ4n) is 2.27. The smallest absolute Gasteiger partial charge is 0.389 e. The van der Waals surface area contributed by atoms with Crippen LogP contribution < -0.4 is 0 Å². The Hall–Kier alpha value is -0.290. The predicted molar refractivity (Wildman–Crippen MR) is 74.3 cm³/mol. The summed E-state index contributed by atoms with van der Waals surface area (Å²) in [5.74, 6) is -0.178. The molecule has 0 aromatic rings. The minimum absolute atomic E-state index is 0.0635. The third-order valence-electron chi connectivity index (χ3n) is 4.76. The quantitative estimate of drug-likeness (QED) is 0.741. The fraction of sp³-hybridized carbons (Fsp3) is 1.00. The Balaban J connectivity index is 4.48. The van der Waals surface area contributed by atoms with Gasteiger partial charge in [0, 0.05) is 0 Å². The summed E-state index contributed by atoms with van der Waals surface area (Å²) in [6.07, 6.45) is -5.94. The van der Waals surface area contributed by atoms with Crippen molar-refractivity contribution in [1.82, 2.24) is 0 Å². The van der Waals surface area contributed by atoms with Crippen LogP contribution >= 0.6 is 0 Å². The summed E-state index contributed by atoms with van der Waals surface area (Å²) >= 11 is 0. The normalized spacial score (nSPS) is 19.8. The second kappa shape index (κ2) is 6.65. The van der Waals surface area contributed by atoms with Crippen LogP contribution in [0.2, 0.25) is 0 Å². The maximum Gasteiger partial charge on any atom is 0.414 e. The summed E-state index contributed by atoms with van der Waals surface area (Å²) in [6.45, 7) is 11.2. The van der Waals surface area contributed by atoms with E-state index in [-0.39, 0.29) is 18.3 Å². The predicted octanol–water partition coefficient (Wildman–Crippen LogP) is 4.15. The zero-order chi connectivity index (χ0) is 16.4. The first-order valence-electron chi connectivity index (χ1n) is 7.19. The van der Waals surface area contributed by atoms with Crippen LogP contribution in [0.1, 0.15) is 60.8 Å². The molecule has 0 heterocycles. The summed E-state index contributed by atoms with van der Waals surface area (Å²) in [6, 6.07) is 0. The van der Waals surface area contributed by atoms with Crippen molar-refractivity contribution in [2.75, 3.05) is 0 Å². The molecule has 0 aliphatic heterocycles. The first-order valence-corrected chi connectivity index (χ1v) is 7.19. The molecule has 2 nitrogen and oxygen atoms in total. The molecule has 0 fully saturated rings. The lowest BCUT2D eigenvalue weighted by atomic mass is 9.67. The Morgan fingerprint density at radius 2 is 1.45 bits per heavy atom. The van der Waals surface area contributed by atoms with E-state index in [1.807, 2.05) is 27.7 Å². The van der Waals surface area contributed by atoms with Gasteiger partial charge in [-0.2, -0.15) is 13.2 Å². The van der Waals surface area contributed by atoms with Gasteiger partial charge in [0.2, 0.25) is 0 Å². The second-order valence-electron chi connectivity index (χ2n) is 7.12. The van der Waals surface area contributed by atoms with E-state index in [1.54, 1.807) is 13.8 Å². The van der Waals surface area contributed by atoms with Gasteiger partial charge in [-0.3, -0.25) is 0 Å². The van der Waals surface area contributed by atoms with E-state index in [9.17, 15) is 18.3 Å². The van der Waals surface area contributed by atoms with E-state index >= 15 is 0 Å². The van der Waals surface area contributed by atoms with E-state index in [2.05, 4.69) is 0 Å². The number of halogens is 3. The molecule has 0 aliphatic carbocycles. The highest BCUT2D eigenvalue weighted by molar-refractivity contribution is 4.92. The number of rotatable bonds is 7. The maximum absolute atomic E-state index is 12.3. The number of alkyl halides is 3. The molecule has 0 aromatic carbocycles. The summed E-state index contributed by atoms with van der Waals surface area (Å²) in [5.41, 5.74) is -1.27. The van der Waals surface area contributed by atoms with Crippen LogP contribution in [-0.4, -0.2) is 28.1 Å². The van der Waals surface area contributed by atoms with Crippen molar-refractivity contribution < 1.29 is 23.4 Å². The monoisotopic (exact) mass is 298 g/mol. The molecule has 20 heavy (non-hydrogen) atoms. The van der Waals surface area contributed by atoms with Gasteiger partial charge in [-0.15, -0.1) is 0 Å². The van der Waals surface area contributed by atoms with E-state index in [0.29, 0.717) is 12.8 Å². The Morgan fingerprint density at radius 1 is 1.00 bits per heavy atom. The molecule has 5 heteroatoms. The highest BCUT2D eigenvalue weighted by Gasteiger charge is 2.42. The van der Waals surface area contributed by atoms with Crippen molar-refractivity contribution in [1.29, 1.82) is 0 Å². The third-order valence-corrected chi connectivity index (χ3v) is 4.76. The lowest BCUT2D eigenvalue weighted by Crippen LogP contribution is -2.46. The second-order valence-corrected chi connectivity index (χ2v) is 7.12. The van der Waals surface area contributed by atoms with Gasteiger partial charge in [-0.05, 0) is 43.4 Å². The van der Waals surface area contributed by atoms with Crippen molar-refractivity contribution in [2.45, 2.75) is 78.7 Å². The van der Waals surface area contributed by atoms with Crippen molar-refractivity contribution in [3.8, 4) is 0 Å². The van der Waals surface area contributed by atoms with E-state index in [4.69, 9.17) is 5.11 Å². The first-order chi connectivity index (χ1) is 8.72. The number of hydrogen-bond donors (Lipinski definition) is 2. The van der Waals surface area contributed by atoms with Gasteiger partial charge in [0.1, 0.15) is 6.10 Å². The summed E-state index contributed by atoms with van der Waals surface area (Å²) in [7, 11) is 0. The van der Waals surface area contributed by atoms with Gasteiger partial charge in [0.25, 0.3) is 0 Å². The molecule has 2 N–H and O–H groups in total. The van der Waals surface area contributed by atoms with Crippen LogP contribution in [0.4, 0.5) is 13.2 Å². The van der Waals surface area contributed by atoms with Gasteiger partial charge in [-0.1, -0.05) is 34.6 Å². The molecule has 0 amide bonds. The molecule has 3 atom stereocenters. The molecule has 0 aliphatic rings.